The van der Waals surface area contributed by atoms with E-state index < -0.39 is 11.6 Å². The van der Waals surface area contributed by atoms with Crippen molar-refractivity contribution in [2.75, 3.05) is 5.75 Å². The molecular weight excluding hydrogens is 182 g/mol. The highest BCUT2D eigenvalue weighted by atomic mass is 32.2. The van der Waals surface area contributed by atoms with E-state index in [2.05, 4.69) is 0 Å². The van der Waals surface area contributed by atoms with Crippen molar-refractivity contribution in [1.82, 2.24) is 0 Å². The molecule has 64 valence electrons. The van der Waals surface area contributed by atoms with Crippen LogP contribution < -0.4 is 0 Å². The van der Waals surface area contributed by atoms with E-state index in [0.29, 0.717) is 11.2 Å². The molecule has 0 aromatic heterocycles. The van der Waals surface area contributed by atoms with E-state index in [-0.39, 0.29) is 5.75 Å². The summed E-state index contributed by atoms with van der Waals surface area (Å²) in [5.41, 5.74) is 0. The quantitative estimate of drug-likeness (QED) is 0.534. The molecule has 0 amide bonds. The third-order valence-electron chi connectivity index (χ3n) is 1.21. The molecule has 0 fully saturated rings. The van der Waals surface area contributed by atoms with E-state index in [1.54, 1.807) is 0 Å². The maximum Gasteiger partial charge on any atom is 0.159 e. The molecule has 0 radical (unpaired) electrons. The van der Waals surface area contributed by atoms with Crippen molar-refractivity contribution in [1.29, 1.82) is 0 Å². The Hall–Kier alpha value is -0.900. The van der Waals surface area contributed by atoms with Crippen LogP contribution in [0, 0.1) is 11.6 Å². The van der Waals surface area contributed by atoms with E-state index in [1.165, 1.54) is 17.8 Å². The van der Waals surface area contributed by atoms with Crippen LogP contribution in [0.4, 0.5) is 8.78 Å². The molecule has 0 bridgehead atoms. The van der Waals surface area contributed by atoms with E-state index in [9.17, 15) is 13.6 Å². The lowest BCUT2D eigenvalue weighted by Gasteiger charge is -1.97. The Labute approximate surface area is 72.8 Å². The number of hydrogen-bond acceptors (Lipinski definition) is 2. The van der Waals surface area contributed by atoms with Gasteiger partial charge >= 0.3 is 0 Å². The van der Waals surface area contributed by atoms with Crippen LogP contribution in [0.1, 0.15) is 0 Å². The molecule has 0 spiro atoms. The van der Waals surface area contributed by atoms with Crippen molar-refractivity contribution in [3.8, 4) is 0 Å². The number of hydrogen-bond donors (Lipinski definition) is 0. The number of aldehydes is 1. The van der Waals surface area contributed by atoms with Gasteiger partial charge < -0.3 is 4.79 Å². The third kappa shape index (κ3) is 2.30. The standard InChI is InChI=1S/C8H6F2OS/c9-7-2-1-6(5-8(7)10)12-4-3-11/h1-3,5H,4H2. The summed E-state index contributed by atoms with van der Waals surface area (Å²) < 4.78 is 24.9. The first kappa shape index (κ1) is 9.19. The topological polar surface area (TPSA) is 17.1 Å². The van der Waals surface area contributed by atoms with E-state index in [4.69, 9.17) is 0 Å². The minimum absolute atomic E-state index is 0.255. The van der Waals surface area contributed by atoms with Crippen LogP contribution in [-0.2, 0) is 4.79 Å². The first-order chi connectivity index (χ1) is 5.74. The van der Waals surface area contributed by atoms with E-state index >= 15 is 0 Å². The van der Waals surface area contributed by atoms with Crippen molar-refractivity contribution < 1.29 is 13.6 Å². The lowest BCUT2D eigenvalue weighted by molar-refractivity contribution is -0.105. The van der Waals surface area contributed by atoms with Gasteiger partial charge in [0, 0.05) is 4.90 Å². The first-order valence-corrected chi connectivity index (χ1v) is 4.24. The Balaban J connectivity index is 2.75. The van der Waals surface area contributed by atoms with Crippen LogP contribution in [0.25, 0.3) is 0 Å². The summed E-state index contributed by atoms with van der Waals surface area (Å²) in [4.78, 5) is 10.5. The summed E-state index contributed by atoms with van der Waals surface area (Å²) in [5, 5.41) is 0. The van der Waals surface area contributed by atoms with Crippen molar-refractivity contribution in [2.24, 2.45) is 0 Å². The SMILES string of the molecule is O=CCSc1ccc(F)c(F)c1. The largest absolute Gasteiger partial charge is 0.302 e. The molecule has 0 saturated carbocycles. The fraction of sp³-hybridized carbons (Fsp3) is 0.125. The molecule has 1 aromatic rings. The molecule has 1 aromatic carbocycles. The number of benzene rings is 1. The van der Waals surface area contributed by atoms with Gasteiger partial charge in [0.05, 0.1) is 5.75 Å². The molecule has 0 aliphatic rings. The summed E-state index contributed by atoms with van der Waals surface area (Å²) in [6.45, 7) is 0. The molecule has 0 heterocycles. The highest BCUT2D eigenvalue weighted by molar-refractivity contribution is 7.99. The fourth-order valence-corrected chi connectivity index (χ4v) is 1.31. The van der Waals surface area contributed by atoms with Gasteiger partial charge in [-0.25, -0.2) is 8.78 Å². The Bertz CT molecular complexity index is 288. The van der Waals surface area contributed by atoms with Crippen molar-refractivity contribution >= 4 is 18.0 Å². The summed E-state index contributed by atoms with van der Waals surface area (Å²) in [7, 11) is 0. The van der Waals surface area contributed by atoms with Crippen LogP contribution in [0.2, 0.25) is 0 Å². The Morgan fingerprint density at radius 1 is 1.33 bits per heavy atom. The Kier molecular flexibility index (Phi) is 3.22. The second-order valence-electron chi connectivity index (χ2n) is 2.05. The van der Waals surface area contributed by atoms with Gasteiger partial charge in [-0.1, -0.05) is 0 Å². The lowest BCUT2D eigenvalue weighted by Crippen LogP contribution is -1.85. The predicted molar refractivity (Wildman–Crippen MR) is 43.1 cm³/mol. The average molecular weight is 188 g/mol. The molecule has 0 N–H and O–H groups in total. The van der Waals surface area contributed by atoms with Gasteiger partial charge in [-0.15, -0.1) is 11.8 Å². The molecule has 1 nitrogen and oxygen atoms in total. The fourth-order valence-electron chi connectivity index (χ4n) is 0.697. The zero-order valence-corrected chi connectivity index (χ0v) is 6.91. The number of carbonyl (C=O) groups excluding carboxylic acids is 1. The van der Waals surface area contributed by atoms with Crippen LogP contribution in [0.3, 0.4) is 0 Å². The molecule has 12 heavy (non-hydrogen) atoms. The second-order valence-corrected chi connectivity index (χ2v) is 3.15. The van der Waals surface area contributed by atoms with Gasteiger partial charge in [0.15, 0.2) is 11.6 Å². The van der Waals surface area contributed by atoms with Gasteiger partial charge in [-0.2, -0.15) is 0 Å². The normalized spacial score (nSPS) is 9.83. The van der Waals surface area contributed by atoms with Crippen LogP contribution >= 0.6 is 11.8 Å². The summed E-state index contributed by atoms with van der Waals surface area (Å²) in [6.07, 6.45) is 0.714. The number of carbonyl (C=O) groups is 1. The second kappa shape index (κ2) is 4.21. The minimum atomic E-state index is -0.883. The number of thioether (sulfide) groups is 1. The molecule has 0 atom stereocenters. The monoisotopic (exact) mass is 188 g/mol. The number of halogens is 2. The molecule has 0 aliphatic heterocycles. The van der Waals surface area contributed by atoms with Gasteiger partial charge in [0.2, 0.25) is 0 Å². The summed E-state index contributed by atoms with van der Waals surface area (Å²) in [5.74, 6) is -1.50. The molecule has 1 rings (SSSR count). The first-order valence-electron chi connectivity index (χ1n) is 3.25. The summed E-state index contributed by atoms with van der Waals surface area (Å²) in [6, 6.07) is 3.55. The highest BCUT2D eigenvalue weighted by Crippen LogP contribution is 2.19. The number of rotatable bonds is 3. The summed E-state index contributed by atoms with van der Waals surface area (Å²) >= 11 is 1.17. The zero-order chi connectivity index (χ0) is 8.97. The van der Waals surface area contributed by atoms with Crippen molar-refractivity contribution in [2.45, 2.75) is 4.90 Å². The smallest absolute Gasteiger partial charge is 0.159 e. The maximum absolute atomic E-state index is 12.5. The van der Waals surface area contributed by atoms with Gasteiger partial charge in [-0.3, -0.25) is 0 Å². The third-order valence-corrected chi connectivity index (χ3v) is 2.10. The lowest BCUT2D eigenvalue weighted by atomic mass is 10.3. The minimum Gasteiger partial charge on any atom is -0.302 e. The van der Waals surface area contributed by atoms with Gasteiger partial charge in [0.1, 0.15) is 6.29 Å². The van der Waals surface area contributed by atoms with E-state index in [1.807, 2.05) is 0 Å². The Morgan fingerprint density at radius 2 is 2.08 bits per heavy atom. The zero-order valence-electron chi connectivity index (χ0n) is 6.09. The van der Waals surface area contributed by atoms with Gasteiger partial charge in [-0.05, 0) is 18.2 Å². The van der Waals surface area contributed by atoms with Crippen molar-refractivity contribution in [3.63, 3.8) is 0 Å². The molecular formula is C8H6F2OS. The van der Waals surface area contributed by atoms with Crippen LogP contribution in [-0.4, -0.2) is 12.0 Å². The van der Waals surface area contributed by atoms with E-state index in [0.717, 1.165) is 12.1 Å². The molecule has 0 aliphatic carbocycles. The molecule has 0 unspecified atom stereocenters. The average Bonchev–Trinajstić information content (AvgIpc) is 2.07. The molecule has 0 saturated heterocycles. The maximum atomic E-state index is 12.5. The van der Waals surface area contributed by atoms with Crippen LogP contribution in [0.15, 0.2) is 23.1 Å². The Morgan fingerprint density at radius 3 is 2.67 bits per heavy atom. The molecule has 4 heteroatoms. The van der Waals surface area contributed by atoms with Gasteiger partial charge in [0.25, 0.3) is 0 Å². The van der Waals surface area contributed by atoms with Crippen LogP contribution in [0.5, 0.6) is 0 Å². The van der Waals surface area contributed by atoms with Crippen molar-refractivity contribution in [3.05, 3.63) is 29.8 Å². The highest BCUT2D eigenvalue weighted by Gasteiger charge is 2.01. The predicted octanol–water partition coefficient (Wildman–Crippen LogP) is 2.26.